The van der Waals surface area contributed by atoms with Crippen LogP contribution < -0.4 is 9.80 Å². The molecule has 4 aromatic rings. The highest BCUT2D eigenvalue weighted by atomic mass is 35.5. The average Bonchev–Trinajstić information content (AvgIpc) is 3.61. The molecule has 1 saturated heterocycles. The van der Waals surface area contributed by atoms with Crippen LogP contribution in [0.15, 0.2) is 61.2 Å². The van der Waals surface area contributed by atoms with E-state index in [1.807, 2.05) is 16.8 Å². The molecule has 0 saturated carbocycles. The van der Waals surface area contributed by atoms with Gasteiger partial charge in [-0.1, -0.05) is 24.3 Å². The van der Waals surface area contributed by atoms with Crippen molar-refractivity contribution in [3.8, 4) is 0 Å². The number of carbonyl (C=O) groups excluding carboxylic acids is 3. The highest BCUT2D eigenvalue weighted by molar-refractivity contribution is 7.22. The first kappa shape index (κ1) is 25.5. The van der Waals surface area contributed by atoms with E-state index in [1.165, 1.54) is 21.8 Å². The molecule has 0 N–H and O–H groups in total. The van der Waals surface area contributed by atoms with E-state index < -0.39 is 0 Å². The summed E-state index contributed by atoms with van der Waals surface area (Å²) >= 11 is 1.51. The Morgan fingerprint density at radius 3 is 2.50 bits per heavy atom. The highest BCUT2D eigenvalue weighted by Gasteiger charge is 2.30. The summed E-state index contributed by atoms with van der Waals surface area (Å²) in [4.78, 5) is 49.5. The lowest BCUT2D eigenvalue weighted by Gasteiger charge is -2.21. The third-order valence-electron chi connectivity index (χ3n) is 6.11. The number of imide groups is 1. The fourth-order valence-electron chi connectivity index (χ4n) is 4.18. The zero-order valence-electron chi connectivity index (χ0n) is 19.8. The number of carbonyl (C=O) groups is 3. The van der Waals surface area contributed by atoms with Crippen LogP contribution in [0.4, 0.5) is 10.8 Å². The van der Waals surface area contributed by atoms with Gasteiger partial charge in [-0.15, -0.1) is 12.4 Å². The first-order chi connectivity index (χ1) is 17.0. The third-order valence-corrected chi connectivity index (χ3v) is 7.15. The van der Waals surface area contributed by atoms with Crippen molar-refractivity contribution in [1.82, 2.24) is 14.5 Å². The van der Waals surface area contributed by atoms with Gasteiger partial charge in [0.1, 0.15) is 0 Å². The normalized spacial score (nSPS) is 13.3. The van der Waals surface area contributed by atoms with Gasteiger partial charge in [0.25, 0.3) is 5.91 Å². The van der Waals surface area contributed by atoms with Gasteiger partial charge in [0.05, 0.1) is 22.2 Å². The molecule has 5 rings (SSSR count). The van der Waals surface area contributed by atoms with Crippen LogP contribution >= 0.6 is 23.7 Å². The van der Waals surface area contributed by atoms with Gasteiger partial charge in [0.2, 0.25) is 11.8 Å². The minimum Gasteiger partial charge on any atom is -0.337 e. The largest absolute Gasteiger partial charge is 0.337 e. The molecule has 8 nitrogen and oxygen atoms in total. The van der Waals surface area contributed by atoms with Gasteiger partial charge >= 0.3 is 0 Å². The molecule has 0 spiro atoms. The molecule has 3 amide bonds. The number of benzene rings is 2. The third kappa shape index (κ3) is 5.17. The summed E-state index contributed by atoms with van der Waals surface area (Å²) in [5.74, 6) is -0.594. The molecule has 0 atom stereocenters. The first-order valence-electron chi connectivity index (χ1n) is 11.7. The van der Waals surface area contributed by atoms with E-state index in [-0.39, 0.29) is 43.0 Å². The van der Waals surface area contributed by atoms with E-state index in [0.717, 1.165) is 29.6 Å². The van der Waals surface area contributed by atoms with Crippen molar-refractivity contribution in [2.45, 2.75) is 39.2 Å². The van der Waals surface area contributed by atoms with Crippen molar-refractivity contribution in [3.63, 3.8) is 0 Å². The van der Waals surface area contributed by atoms with Crippen molar-refractivity contribution in [2.24, 2.45) is 0 Å². The van der Waals surface area contributed by atoms with Crippen LogP contribution in [0.2, 0.25) is 0 Å². The summed E-state index contributed by atoms with van der Waals surface area (Å²) in [6.45, 7) is 3.33. The molecule has 3 heterocycles. The Bertz CT molecular complexity index is 1370. The maximum Gasteiger partial charge on any atom is 0.260 e. The van der Waals surface area contributed by atoms with Crippen LogP contribution in [0.5, 0.6) is 0 Å². The van der Waals surface area contributed by atoms with Gasteiger partial charge in [-0.05, 0) is 54.8 Å². The number of imidazole rings is 1. The molecule has 0 unspecified atom stereocenters. The van der Waals surface area contributed by atoms with E-state index in [2.05, 4.69) is 24.0 Å². The van der Waals surface area contributed by atoms with Crippen molar-refractivity contribution >= 4 is 62.5 Å². The molecule has 10 heteroatoms. The molecular formula is C26H26ClN5O3S. The van der Waals surface area contributed by atoms with Crippen LogP contribution in [-0.2, 0) is 22.6 Å². The van der Waals surface area contributed by atoms with Gasteiger partial charge in [-0.25, -0.2) is 9.97 Å². The Morgan fingerprint density at radius 2 is 1.83 bits per heavy atom. The number of aryl methyl sites for hydroxylation is 2. The molecule has 2 aromatic heterocycles. The van der Waals surface area contributed by atoms with Crippen LogP contribution in [-0.4, -0.2) is 38.8 Å². The minimum absolute atomic E-state index is 0. The second kappa shape index (κ2) is 11.0. The Hall–Kier alpha value is -3.56. The number of aromatic nitrogens is 3. The van der Waals surface area contributed by atoms with Gasteiger partial charge in [0.15, 0.2) is 5.13 Å². The van der Waals surface area contributed by atoms with E-state index in [0.29, 0.717) is 22.9 Å². The predicted molar refractivity (Wildman–Crippen MR) is 143 cm³/mol. The summed E-state index contributed by atoms with van der Waals surface area (Å²) in [6, 6.07) is 12.8. The average molecular weight is 524 g/mol. The van der Waals surface area contributed by atoms with E-state index >= 15 is 0 Å². The van der Waals surface area contributed by atoms with E-state index in [4.69, 9.17) is 4.98 Å². The number of halogens is 1. The molecule has 186 valence electrons. The monoisotopic (exact) mass is 523 g/mol. The maximum absolute atomic E-state index is 13.6. The standard InChI is InChI=1S/C26H25N5O3S.ClH/c1-2-18-4-9-21-22(16-18)35-26(28-21)30(14-3-13-29-15-12-27-17-29)25(34)19-5-7-20(8-6-19)31-23(32)10-11-24(31)33;/h4-9,12,15-17H,2-3,10-11,13-14H2,1H3;1H. The molecule has 1 fully saturated rings. The summed E-state index contributed by atoms with van der Waals surface area (Å²) in [5.41, 5.74) is 3.07. The predicted octanol–water partition coefficient (Wildman–Crippen LogP) is 4.87. The first-order valence-corrected chi connectivity index (χ1v) is 12.5. The second-order valence-electron chi connectivity index (χ2n) is 8.43. The van der Waals surface area contributed by atoms with Gasteiger partial charge in [-0.3, -0.25) is 24.2 Å². The van der Waals surface area contributed by atoms with Gasteiger partial charge in [-0.2, -0.15) is 0 Å². The second-order valence-corrected chi connectivity index (χ2v) is 9.44. The van der Waals surface area contributed by atoms with Crippen LogP contribution in [0.1, 0.15) is 42.1 Å². The molecule has 2 aromatic carbocycles. The number of fused-ring (bicyclic) bond motifs is 1. The van der Waals surface area contributed by atoms with Crippen molar-refractivity contribution in [1.29, 1.82) is 0 Å². The van der Waals surface area contributed by atoms with Gasteiger partial charge < -0.3 is 4.57 Å². The van der Waals surface area contributed by atoms with Crippen LogP contribution in [0.3, 0.4) is 0 Å². The smallest absolute Gasteiger partial charge is 0.260 e. The lowest BCUT2D eigenvalue weighted by Crippen LogP contribution is -2.32. The Labute approximate surface area is 219 Å². The summed E-state index contributed by atoms with van der Waals surface area (Å²) < 4.78 is 3.03. The Morgan fingerprint density at radius 1 is 1.08 bits per heavy atom. The summed E-state index contributed by atoms with van der Waals surface area (Å²) in [5, 5.41) is 0.651. The molecule has 0 aliphatic carbocycles. The number of hydrogen-bond acceptors (Lipinski definition) is 6. The zero-order chi connectivity index (χ0) is 24.4. The molecule has 0 radical (unpaired) electrons. The molecular weight excluding hydrogens is 498 g/mol. The number of rotatable bonds is 8. The van der Waals surface area contributed by atoms with E-state index in [9.17, 15) is 14.4 Å². The van der Waals surface area contributed by atoms with Crippen molar-refractivity contribution in [2.75, 3.05) is 16.3 Å². The number of nitrogens with zero attached hydrogens (tertiary/aromatic N) is 5. The number of amides is 3. The lowest BCUT2D eigenvalue weighted by molar-refractivity contribution is -0.121. The van der Waals surface area contributed by atoms with Crippen molar-refractivity contribution in [3.05, 3.63) is 72.3 Å². The zero-order valence-corrected chi connectivity index (χ0v) is 21.4. The van der Waals surface area contributed by atoms with Crippen LogP contribution in [0.25, 0.3) is 10.2 Å². The minimum atomic E-state index is -0.212. The fraction of sp³-hybridized carbons (Fsp3) is 0.269. The summed E-state index contributed by atoms with van der Waals surface area (Å²) in [7, 11) is 0. The van der Waals surface area contributed by atoms with E-state index in [1.54, 1.807) is 41.7 Å². The quantitative estimate of drug-likeness (QED) is 0.307. The molecule has 0 bridgehead atoms. The molecule has 1 aliphatic heterocycles. The number of thiazole rings is 1. The Kier molecular flexibility index (Phi) is 7.81. The topological polar surface area (TPSA) is 88.4 Å². The lowest BCUT2D eigenvalue weighted by atomic mass is 10.1. The highest BCUT2D eigenvalue weighted by Crippen LogP contribution is 2.31. The summed E-state index contributed by atoms with van der Waals surface area (Å²) in [6.07, 6.45) is 7.51. The maximum atomic E-state index is 13.6. The van der Waals surface area contributed by atoms with Crippen molar-refractivity contribution < 1.29 is 14.4 Å². The van der Waals surface area contributed by atoms with Gasteiger partial charge in [0, 0.05) is 43.9 Å². The number of anilines is 2. The molecule has 36 heavy (non-hydrogen) atoms. The number of hydrogen-bond donors (Lipinski definition) is 0. The fourth-order valence-corrected chi connectivity index (χ4v) is 5.23. The Balaban J connectivity index is 0.00000304. The molecule has 1 aliphatic rings. The van der Waals surface area contributed by atoms with Crippen LogP contribution in [0, 0.1) is 0 Å². The SMILES string of the molecule is CCc1ccc2nc(N(CCCn3ccnc3)C(=O)c3ccc(N4C(=O)CCC4=O)cc3)sc2c1.Cl.